The second kappa shape index (κ2) is 44.7. The van der Waals surface area contributed by atoms with Gasteiger partial charge in [-0.15, -0.1) is 0 Å². The lowest BCUT2D eigenvalue weighted by Gasteiger charge is -2.24. The van der Waals surface area contributed by atoms with E-state index < -0.39 is 26.5 Å². The van der Waals surface area contributed by atoms with Crippen molar-refractivity contribution in [1.29, 1.82) is 0 Å². The molecule has 0 amide bonds. The highest BCUT2D eigenvalue weighted by Gasteiger charge is 2.27. The van der Waals surface area contributed by atoms with Crippen molar-refractivity contribution < 1.29 is 42.1 Å². The number of nitrogens with zero attached hydrogens (tertiary/aromatic N) is 1. The lowest BCUT2D eigenvalue weighted by molar-refractivity contribution is -0.870. The first-order valence-corrected chi connectivity index (χ1v) is 27.6. The Balaban J connectivity index is 4.21. The summed E-state index contributed by atoms with van der Waals surface area (Å²) in [6.07, 6.45) is 50.8. The van der Waals surface area contributed by atoms with Crippen LogP contribution in [0.1, 0.15) is 245 Å². The highest BCUT2D eigenvalue weighted by Crippen LogP contribution is 2.43. The number of carbonyl (C=O) groups excluding carboxylic acids is 2. The largest absolute Gasteiger partial charge is 0.472 e. The Bertz CT molecular complexity index is 1110. The van der Waals surface area contributed by atoms with E-state index in [0.717, 1.165) is 38.5 Å². The maximum absolute atomic E-state index is 12.7. The molecule has 9 nitrogen and oxygen atoms in total. The molecule has 0 saturated heterocycles. The average Bonchev–Trinajstić information content (AvgIpc) is 3.23. The zero-order valence-electron chi connectivity index (χ0n) is 41.4. The van der Waals surface area contributed by atoms with Crippen molar-refractivity contribution in [2.45, 2.75) is 251 Å². The number of likely N-dealkylation sites (N-methyl/N-ethyl adjacent to an activating group) is 1. The predicted octanol–water partition coefficient (Wildman–Crippen LogP) is 15.5. The number of hydrogen-bond donors (Lipinski definition) is 1. The zero-order chi connectivity index (χ0) is 45.7. The summed E-state index contributed by atoms with van der Waals surface area (Å²) in [5.41, 5.74) is 0. The van der Waals surface area contributed by atoms with Crippen LogP contribution < -0.4 is 0 Å². The zero-order valence-corrected chi connectivity index (χ0v) is 42.3. The van der Waals surface area contributed by atoms with Gasteiger partial charge in [-0.1, -0.05) is 192 Å². The number of unbranched alkanes of at least 4 members (excludes halogenated alkanes) is 30. The van der Waals surface area contributed by atoms with Crippen LogP contribution in [0.4, 0.5) is 0 Å². The van der Waals surface area contributed by atoms with E-state index in [0.29, 0.717) is 23.9 Å². The number of esters is 2. The smallest absolute Gasteiger partial charge is 0.462 e. The molecule has 0 aromatic heterocycles. The predicted molar refractivity (Wildman–Crippen MR) is 261 cm³/mol. The fourth-order valence-electron chi connectivity index (χ4n) is 7.36. The summed E-state index contributed by atoms with van der Waals surface area (Å²) in [6.45, 7) is 4.44. The summed E-state index contributed by atoms with van der Waals surface area (Å²) >= 11 is 0. The van der Waals surface area contributed by atoms with E-state index in [1.54, 1.807) is 0 Å². The van der Waals surface area contributed by atoms with Crippen LogP contribution in [-0.4, -0.2) is 74.9 Å². The van der Waals surface area contributed by atoms with Crippen molar-refractivity contribution in [2.24, 2.45) is 0 Å². The number of ether oxygens (including phenoxy) is 2. The molecule has 366 valence electrons. The number of phosphoric ester groups is 1. The van der Waals surface area contributed by atoms with Crippen molar-refractivity contribution in [2.75, 3.05) is 47.5 Å². The molecule has 0 spiro atoms. The van der Waals surface area contributed by atoms with E-state index in [1.807, 2.05) is 21.1 Å². The third-order valence-electron chi connectivity index (χ3n) is 11.5. The van der Waals surface area contributed by atoms with Crippen molar-refractivity contribution in [3.05, 3.63) is 24.3 Å². The standard InChI is InChI=1S/C52H100NO8P/c1-6-8-10-12-14-16-18-20-22-24-25-26-27-29-30-32-34-36-38-40-42-44-51(54)58-48-50(49-60-62(56,57)59-47-46-53(3,4)5)61-52(55)45-43-41-39-37-35-33-31-28-23-21-19-17-15-13-11-9-7-2/h17,19-20,22,50H,6-16,18,21,23-49H2,1-5H3/p+1/b19-17+,22-20+/t50-/m1/s1. The Morgan fingerprint density at radius 1 is 0.484 bits per heavy atom. The minimum absolute atomic E-state index is 0.0330. The van der Waals surface area contributed by atoms with Gasteiger partial charge in [0.05, 0.1) is 27.7 Å². The first kappa shape index (κ1) is 60.5. The first-order chi connectivity index (χ1) is 30.0. The van der Waals surface area contributed by atoms with Crippen LogP contribution >= 0.6 is 7.82 Å². The molecular weight excluding hydrogens is 798 g/mol. The molecule has 0 radical (unpaired) electrons. The first-order valence-electron chi connectivity index (χ1n) is 26.1. The quantitative estimate of drug-likeness (QED) is 0.0211. The second-order valence-electron chi connectivity index (χ2n) is 18.9. The number of quaternary nitrogens is 1. The van der Waals surface area contributed by atoms with Crippen LogP contribution in [0, 0.1) is 0 Å². The Kier molecular flexibility index (Phi) is 43.6. The highest BCUT2D eigenvalue weighted by atomic mass is 31.2. The van der Waals surface area contributed by atoms with Gasteiger partial charge in [0.2, 0.25) is 0 Å². The topological polar surface area (TPSA) is 108 Å². The van der Waals surface area contributed by atoms with Crippen LogP contribution in [0.2, 0.25) is 0 Å². The molecule has 1 N–H and O–H groups in total. The van der Waals surface area contributed by atoms with E-state index >= 15 is 0 Å². The van der Waals surface area contributed by atoms with Gasteiger partial charge < -0.3 is 18.9 Å². The monoisotopic (exact) mass is 899 g/mol. The number of phosphoric acid groups is 1. The Hall–Kier alpha value is -1.51. The van der Waals surface area contributed by atoms with Crippen LogP contribution in [0.3, 0.4) is 0 Å². The second-order valence-corrected chi connectivity index (χ2v) is 20.4. The van der Waals surface area contributed by atoms with Crippen molar-refractivity contribution in [1.82, 2.24) is 0 Å². The Morgan fingerprint density at radius 3 is 1.21 bits per heavy atom. The van der Waals surface area contributed by atoms with Gasteiger partial charge in [0.25, 0.3) is 0 Å². The normalized spacial score (nSPS) is 13.6. The molecule has 10 heteroatoms. The molecule has 0 bridgehead atoms. The number of carbonyl (C=O) groups is 2. The molecular formula is C52H101NO8P+. The number of allylic oxidation sites excluding steroid dienone is 4. The summed E-state index contributed by atoms with van der Waals surface area (Å²) in [5, 5.41) is 0. The van der Waals surface area contributed by atoms with Gasteiger partial charge >= 0.3 is 19.8 Å². The van der Waals surface area contributed by atoms with Crippen LogP contribution in [0.25, 0.3) is 0 Å². The lowest BCUT2D eigenvalue weighted by atomic mass is 10.0. The van der Waals surface area contributed by atoms with Crippen molar-refractivity contribution in [3.63, 3.8) is 0 Å². The molecule has 0 aliphatic rings. The van der Waals surface area contributed by atoms with Gasteiger partial charge in [-0.2, -0.15) is 0 Å². The third kappa shape index (κ3) is 48.0. The molecule has 0 aromatic carbocycles. The summed E-state index contributed by atoms with van der Waals surface area (Å²) in [4.78, 5) is 35.5. The van der Waals surface area contributed by atoms with E-state index in [-0.39, 0.29) is 25.6 Å². The van der Waals surface area contributed by atoms with E-state index in [1.165, 1.54) is 173 Å². The van der Waals surface area contributed by atoms with E-state index in [9.17, 15) is 19.0 Å². The molecule has 62 heavy (non-hydrogen) atoms. The molecule has 0 rings (SSSR count). The molecule has 0 aliphatic heterocycles. The lowest BCUT2D eigenvalue weighted by Crippen LogP contribution is -2.37. The van der Waals surface area contributed by atoms with Crippen LogP contribution in [0.15, 0.2) is 24.3 Å². The Morgan fingerprint density at radius 2 is 0.823 bits per heavy atom. The van der Waals surface area contributed by atoms with Crippen molar-refractivity contribution in [3.8, 4) is 0 Å². The third-order valence-corrected chi connectivity index (χ3v) is 12.4. The molecule has 0 fully saturated rings. The molecule has 0 heterocycles. The van der Waals surface area contributed by atoms with Gasteiger partial charge in [-0.25, -0.2) is 4.57 Å². The summed E-state index contributed by atoms with van der Waals surface area (Å²) in [6, 6.07) is 0. The Labute approximate surface area is 383 Å². The van der Waals surface area contributed by atoms with Gasteiger partial charge in [-0.3, -0.25) is 18.6 Å². The van der Waals surface area contributed by atoms with Gasteiger partial charge in [0.1, 0.15) is 19.8 Å². The van der Waals surface area contributed by atoms with Gasteiger partial charge in [0.15, 0.2) is 6.10 Å². The average molecular weight is 899 g/mol. The molecule has 1 unspecified atom stereocenters. The van der Waals surface area contributed by atoms with Gasteiger partial charge in [0, 0.05) is 12.8 Å². The molecule has 0 aliphatic carbocycles. The SMILES string of the molecule is CCCCCC/C=C/CCCCCCCCCCCC(=O)O[C@H](COC(=O)CCCCCCCCCCCCC/C=C/CCCCCCCC)COP(=O)(O)OCC[N+](C)(C)C. The van der Waals surface area contributed by atoms with Crippen molar-refractivity contribution >= 4 is 19.8 Å². The molecule has 2 atom stereocenters. The highest BCUT2D eigenvalue weighted by molar-refractivity contribution is 7.47. The number of hydrogen-bond acceptors (Lipinski definition) is 7. The van der Waals surface area contributed by atoms with E-state index in [2.05, 4.69) is 38.2 Å². The van der Waals surface area contributed by atoms with Crippen LogP contribution in [0.5, 0.6) is 0 Å². The van der Waals surface area contributed by atoms with E-state index in [4.69, 9.17) is 18.5 Å². The minimum Gasteiger partial charge on any atom is -0.462 e. The maximum Gasteiger partial charge on any atom is 0.472 e. The molecule has 0 saturated carbocycles. The summed E-state index contributed by atoms with van der Waals surface area (Å²) < 4.78 is 34.5. The fraction of sp³-hybridized carbons (Fsp3) is 0.885. The summed E-state index contributed by atoms with van der Waals surface area (Å²) in [5.74, 6) is -0.791. The maximum atomic E-state index is 12.7. The van der Waals surface area contributed by atoms with Crippen LogP contribution in [-0.2, 0) is 32.7 Å². The van der Waals surface area contributed by atoms with Gasteiger partial charge in [-0.05, 0) is 64.2 Å². The fourth-order valence-corrected chi connectivity index (χ4v) is 8.10. The molecule has 0 aromatic rings. The minimum atomic E-state index is -4.38. The summed E-state index contributed by atoms with van der Waals surface area (Å²) in [7, 11) is 1.48. The number of rotatable bonds is 48.